The topological polar surface area (TPSA) is 26.0 Å². The van der Waals surface area contributed by atoms with E-state index in [1.807, 2.05) is 12.1 Å². The summed E-state index contributed by atoms with van der Waals surface area (Å²) in [5, 5.41) is 0. The first-order chi connectivity index (χ1) is 7.08. The number of hydrogen-bond donors (Lipinski definition) is 1. The number of thiophene rings is 2. The molecular weight excluding hydrogens is 314 g/mol. The first kappa shape index (κ1) is 11.6. The van der Waals surface area contributed by atoms with Gasteiger partial charge in [-0.1, -0.05) is 11.6 Å². The Morgan fingerprint density at radius 3 is 2.53 bits per heavy atom. The average Bonchev–Trinajstić information content (AvgIpc) is 2.74. The number of aryl methyl sites for hydroxylation is 1. The van der Waals surface area contributed by atoms with Crippen LogP contribution in [0.15, 0.2) is 22.0 Å². The summed E-state index contributed by atoms with van der Waals surface area (Å²) in [6, 6.07) is 5.93. The lowest BCUT2D eigenvalue weighted by Gasteiger charge is -2.05. The van der Waals surface area contributed by atoms with Gasteiger partial charge in [-0.15, -0.1) is 22.7 Å². The van der Waals surface area contributed by atoms with Crippen LogP contribution in [0.2, 0.25) is 4.34 Å². The maximum atomic E-state index is 6.15. The van der Waals surface area contributed by atoms with Crippen molar-refractivity contribution in [2.75, 3.05) is 0 Å². The molecule has 0 spiro atoms. The summed E-state index contributed by atoms with van der Waals surface area (Å²) in [6.45, 7) is 2.07. The van der Waals surface area contributed by atoms with Crippen molar-refractivity contribution >= 4 is 50.2 Å². The summed E-state index contributed by atoms with van der Waals surface area (Å²) in [5.74, 6) is 0. The molecule has 0 saturated heterocycles. The summed E-state index contributed by atoms with van der Waals surface area (Å²) in [6.07, 6.45) is 0. The van der Waals surface area contributed by atoms with E-state index in [2.05, 4.69) is 28.9 Å². The number of nitrogens with two attached hydrogens (primary N) is 1. The lowest BCUT2D eigenvalue weighted by atomic mass is 10.2. The molecule has 2 aromatic heterocycles. The van der Waals surface area contributed by atoms with Gasteiger partial charge in [-0.2, -0.15) is 0 Å². The third kappa shape index (κ3) is 2.45. The van der Waals surface area contributed by atoms with E-state index in [9.17, 15) is 0 Å². The standard InChI is InChI=1S/C10H9BrClNS2/c1-5-4-7(15-10(5)11)9(13)6-2-3-8(12)14-6/h2-4,9H,13H2,1H3. The summed E-state index contributed by atoms with van der Waals surface area (Å²) in [5.41, 5.74) is 7.38. The monoisotopic (exact) mass is 321 g/mol. The van der Waals surface area contributed by atoms with Crippen LogP contribution in [-0.4, -0.2) is 0 Å². The van der Waals surface area contributed by atoms with Crippen LogP contribution in [0.5, 0.6) is 0 Å². The van der Waals surface area contributed by atoms with Crippen molar-refractivity contribution in [1.29, 1.82) is 0 Å². The van der Waals surface area contributed by atoms with Crippen molar-refractivity contribution < 1.29 is 0 Å². The average molecular weight is 323 g/mol. The molecule has 80 valence electrons. The van der Waals surface area contributed by atoms with Crippen molar-refractivity contribution in [3.8, 4) is 0 Å². The smallest absolute Gasteiger partial charge is 0.0931 e. The predicted octanol–water partition coefficient (Wildman–Crippen LogP) is 4.58. The third-order valence-electron chi connectivity index (χ3n) is 2.08. The largest absolute Gasteiger partial charge is 0.319 e. The molecule has 0 bridgehead atoms. The molecule has 1 unspecified atom stereocenters. The van der Waals surface area contributed by atoms with Gasteiger partial charge in [0.05, 0.1) is 14.2 Å². The van der Waals surface area contributed by atoms with E-state index in [4.69, 9.17) is 17.3 Å². The van der Waals surface area contributed by atoms with Crippen LogP contribution in [-0.2, 0) is 0 Å². The maximum Gasteiger partial charge on any atom is 0.0931 e. The van der Waals surface area contributed by atoms with Gasteiger partial charge in [-0.3, -0.25) is 0 Å². The highest BCUT2D eigenvalue weighted by Gasteiger charge is 2.14. The second-order valence-corrected chi connectivity index (χ2v) is 7.37. The maximum absolute atomic E-state index is 6.15. The second kappa shape index (κ2) is 4.55. The summed E-state index contributed by atoms with van der Waals surface area (Å²) < 4.78 is 1.93. The van der Waals surface area contributed by atoms with E-state index in [0.29, 0.717) is 0 Å². The van der Waals surface area contributed by atoms with Crippen molar-refractivity contribution in [3.05, 3.63) is 41.6 Å². The van der Waals surface area contributed by atoms with Crippen LogP contribution in [0.25, 0.3) is 0 Å². The molecular formula is C10H9BrClNS2. The molecule has 0 fully saturated rings. The Labute approximate surface area is 110 Å². The first-order valence-electron chi connectivity index (χ1n) is 4.34. The van der Waals surface area contributed by atoms with Crippen LogP contribution in [0.4, 0.5) is 0 Å². The van der Waals surface area contributed by atoms with Crippen LogP contribution in [0.3, 0.4) is 0 Å². The van der Waals surface area contributed by atoms with Gasteiger partial charge in [0.2, 0.25) is 0 Å². The minimum Gasteiger partial charge on any atom is -0.319 e. The van der Waals surface area contributed by atoms with Gasteiger partial charge in [0, 0.05) is 9.75 Å². The Hall–Kier alpha value is 0.130. The highest BCUT2D eigenvalue weighted by molar-refractivity contribution is 9.11. The van der Waals surface area contributed by atoms with Crippen molar-refractivity contribution in [2.24, 2.45) is 5.73 Å². The normalized spacial score (nSPS) is 13.1. The fourth-order valence-corrected chi connectivity index (χ4v) is 4.02. The van der Waals surface area contributed by atoms with Crippen molar-refractivity contribution in [3.63, 3.8) is 0 Å². The van der Waals surface area contributed by atoms with Gasteiger partial charge in [-0.05, 0) is 46.6 Å². The summed E-state index contributed by atoms with van der Waals surface area (Å²) >= 11 is 12.6. The Balaban J connectivity index is 2.31. The quantitative estimate of drug-likeness (QED) is 0.860. The molecule has 1 atom stereocenters. The molecule has 2 N–H and O–H groups in total. The molecule has 0 amide bonds. The van der Waals surface area contributed by atoms with Crippen LogP contribution >= 0.6 is 50.2 Å². The van der Waals surface area contributed by atoms with E-state index in [0.717, 1.165) is 17.9 Å². The zero-order valence-electron chi connectivity index (χ0n) is 7.96. The van der Waals surface area contributed by atoms with Crippen LogP contribution in [0.1, 0.15) is 21.4 Å². The highest BCUT2D eigenvalue weighted by Crippen LogP contribution is 2.36. The van der Waals surface area contributed by atoms with Gasteiger partial charge >= 0.3 is 0 Å². The number of rotatable bonds is 2. The lowest BCUT2D eigenvalue weighted by Crippen LogP contribution is -2.07. The molecule has 0 radical (unpaired) electrons. The fourth-order valence-electron chi connectivity index (χ4n) is 1.27. The number of halogens is 2. The van der Waals surface area contributed by atoms with E-state index in [1.165, 1.54) is 16.9 Å². The van der Waals surface area contributed by atoms with Crippen LogP contribution < -0.4 is 5.73 Å². The molecule has 2 heterocycles. The SMILES string of the molecule is Cc1cc(C(N)c2ccc(Cl)s2)sc1Br. The van der Waals surface area contributed by atoms with Gasteiger partial charge in [0.15, 0.2) is 0 Å². The Morgan fingerprint density at radius 1 is 1.33 bits per heavy atom. The molecule has 15 heavy (non-hydrogen) atoms. The van der Waals surface area contributed by atoms with Gasteiger partial charge in [0.25, 0.3) is 0 Å². The Bertz CT molecular complexity index is 458. The molecule has 0 aromatic carbocycles. The first-order valence-corrected chi connectivity index (χ1v) is 7.15. The minimum atomic E-state index is -0.0579. The molecule has 0 saturated carbocycles. The molecule has 1 nitrogen and oxygen atoms in total. The molecule has 2 aromatic rings. The molecule has 0 aliphatic heterocycles. The molecule has 0 aliphatic rings. The zero-order valence-corrected chi connectivity index (χ0v) is 11.9. The summed E-state index contributed by atoms with van der Waals surface area (Å²) in [7, 11) is 0. The minimum absolute atomic E-state index is 0.0579. The highest BCUT2D eigenvalue weighted by atomic mass is 79.9. The summed E-state index contributed by atoms with van der Waals surface area (Å²) in [4.78, 5) is 2.27. The van der Waals surface area contributed by atoms with E-state index in [-0.39, 0.29) is 6.04 Å². The lowest BCUT2D eigenvalue weighted by molar-refractivity contribution is 0.916. The van der Waals surface area contributed by atoms with Crippen molar-refractivity contribution in [1.82, 2.24) is 0 Å². The van der Waals surface area contributed by atoms with E-state index in [1.54, 1.807) is 11.3 Å². The van der Waals surface area contributed by atoms with E-state index < -0.39 is 0 Å². The van der Waals surface area contributed by atoms with Gasteiger partial charge in [-0.25, -0.2) is 0 Å². The molecule has 2 rings (SSSR count). The van der Waals surface area contributed by atoms with Crippen molar-refractivity contribution in [2.45, 2.75) is 13.0 Å². The Kier molecular flexibility index (Phi) is 3.52. The fraction of sp³-hybridized carbons (Fsp3) is 0.200. The molecule has 5 heteroatoms. The Morgan fingerprint density at radius 2 is 2.07 bits per heavy atom. The van der Waals surface area contributed by atoms with E-state index >= 15 is 0 Å². The molecule has 0 aliphatic carbocycles. The van der Waals surface area contributed by atoms with Crippen LogP contribution in [0, 0.1) is 6.92 Å². The third-order valence-corrected chi connectivity index (χ3v) is 5.62. The van der Waals surface area contributed by atoms with Gasteiger partial charge in [0.1, 0.15) is 0 Å². The zero-order chi connectivity index (χ0) is 11.0. The predicted molar refractivity (Wildman–Crippen MR) is 72.1 cm³/mol. The second-order valence-electron chi connectivity index (χ2n) is 3.23. The number of hydrogen-bond acceptors (Lipinski definition) is 3. The van der Waals surface area contributed by atoms with Gasteiger partial charge < -0.3 is 5.73 Å².